The molecule has 3 rings (SSSR count). The summed E-state index contributed by atoms with van der Waals surface area (Å²) in [5, 5.41) is 7.78. The van der Waals surface area contributed by atoms with Crippen LogP contribution in [0.2, 0.25) is 0 Å². The topological polar surface area (TPSA) is 29.9 Å². The average molecular weight is 355 g/mol. The van der Waals surface area contributed by atoms with E-state index in [0.29, 0.717) is 25.1 Å². The Morgan fingerprint density at radius 1 is 1.12 bits per heavy atom. The molecule has 1 aliphatic carbocycles. The minimum atomic E-state index is -1.48. The van der Waals surface area contributed by atoms with Gasteiger partial charge in [0.25, 0.3) is 0 Å². The maximum absolute atomic E-state index is 13.5. The fourth-order valence-electron chi connectivity index (χ4n) is 3.45. The monoisotopic (exact) mass is 355 g/mol. The molecule has 1 saturated carbocycles. The van der Waals surface area contributed by atoms with Crippen molar-refractivity contribution in [1.29, 1.82) is 0 Å². The lowest BCUT2D eigenvalue weighted by molar-refractivity contribution is 0.219. The maximum Gasteiger partial charge on any atom is 0.194 e. The number of alkyl halides is 1. The molecule has 1 aromatic heterocycles. The quantitative estimate of drug-likeness (QED) is 0.659. The van der Waals surface area contributed by atoms with E-state index in [2.05, 4.69) is 10.4 Å². The molecule has 0 atom stereocenters. The summed E-state index contributed by atoms with van der Waals surface area (Å²) in [5.41, 5.74) is 2.32. The van der Waals surface area contributed by atoms with Gasteiger partial charge in [0.2, 0.25) is 0 Å². The lowest BCUT2D eigenvalue weighted by Crippen LogP contribution is -2.33. The minimum absolute atomic E-state index is 0.244. The molecule has 0 saturated heterocycles. The van der Waals surface area contributed by atoms with Gasteiger partial charge in [-0.15, -0.1) is 0 Å². The van der Waals surface area contributed by atoms with E-state index in [1.807, 2.05) is 6.92 Å². The van der Waals surface area contributed by atoms with Crippen LogP contribution in [-0.4, -0.2) is 22.0 Å². The number of nitrogens with one attached hydrogen (secondary N) is 1. The molecule has 1 aromatic carbocycles. The summed E-state index contributed by atoms with van der Waals surface area (Å²) in [6.07, 6.45) is 2.00. The van der Waals surface area contributed by atoms with E-state index in [4.69, 9.17) is 0 Å². The molecule has 0 radical (unpaired) electrons. The Kier molecular flexibility index (Phi) is 5.13. The first-order chi connectivity index (χ1) is 11.9. The van der Waals surface area contributed by atoms with Crippen molar-refractivity contribution >= 4 is 0 Å². The van der Waals surface area contributed by atoms with Gasteiger partial charge in [-0.25, -0.2) is 17.6 Å². The summed E-state index contributed by atoms with van der Waals surface area (Å²) in [6.45, 7) is 2.31. The van der Waals surface area contributed by atoms with Gasteiger partial charge in [0, 0.05) is 25.2 Å². The highest BCUT2D eigenvalue weighted by Crippen LogP contribution is 2.28. The molecule has 0 aliphatic heterocycles. The molecule has 1 heterocycles. The molecule has 0 spiro atoms. The van der Waals surface area contributed by atoms with Gasteiger partial charge in [-0.3, -0.25) is 4.68 Å². The summed E-state index contributed by atoms with van der Waals surface area (Å²) in [4.78, 5) is 0. The molecule has 3 nitrogen and oxygen atoms in total. The Morgan fingerprint density at radius 3 is 2.32 bits per heavy atom. The van der Waals surface area contributed by atoms with Gasteiger partial charge < -0.3 is 5.32 Å². The smallest absolute Gasteiger partial charge is 0.194 e. The van der Waals surface area contributed by atoms with Crippen LogP contribution in [0.15, 0.2) is 12.1 Å². The summed E-state index contributed by atoms with van der Waals surface area (Å²) >= 11 is 0. The molecule has 7 heteroatoms. The van der Waals surface area contributed by atoms with Gasteiger partial charge in [0.1, 0.15) is 6.17 Å². The third-order valence-electron chi connectivity index (χ3n) is 4.85. The van der Waals surface area contributed by atoms with Crippen molar-refractivity contribution in [1.82, 2.24) is 15.1 Å². The highest BCUT2D eigenvalue weighted by molar-refractivity contribution is 5.64. The molecular weight excluding hydrogens is 334 g/mol. The second-order valence-corrected chi connectivity index (χ2v) is 6.63. The van der Waals surface area contributed by atoms with Crippen LogP contribution in [-0.2, 0) is 13.6 Å². The Morgan fingerprint density at radius 2 is 1.72 bits per heavy atom. The van der Waals surface area contributed by atoms with Crippen LogP contribution < -0.4 is 5.32 Å². The summed E-state index contributed by atoms with van der Waals surface area (Å²) < 4.78 is 55.0. The number of aromatic nitrogens is 2. The number of hydrogen-bond donors (Lipinski definition) is 1. The fraction of sp³-hybridized carbons (Fsp3) is 0.500. The molecule has 0 unspecified atom stereocenters. The van der Waals surface area contributed by atoms with E-state index in [9.17, 15) is 17.6 Å². The van der Waals surface area contributed by atoms with E-state index < -0.39 is 23.6 Å². The summed E-state index contributed by atoms with van der Waals surface area (Å²) in [6, 6.07) is 2.20. The van der Waals surface area contributed by atoms with Gasteiger partial charge in [-0.05, 0) is 50.3 Å². The molecule has 1 aliphatic rings. The van der Waals surface area contributed by atoms with Crippen molar-refractivity contribution in [3.63, 3.8) is 0 Å². The Labute approximate surface area is 144 Å². The Bertz CT molecular complexity index is 741. The zero-order valence-electron chi connectivity index (χ0n) is 14.3. The maximum atomic E-state index is 13.5. The van der Waals surface area contributed by atoms with Crippen LogP contribution in [0.1, 0.15) is 36.9 Å². The lowest BCUT2D eigenvalue weighted by atomic mass is 9.94. The summed E-state index contributed by atoms with van der Waals surface area (Å²) in [5.74, 6) is -3.93. The lowest BCUT2D eigenvalue weighted by Gasteiger charge is -2.24. The number of hydrogen-bond acceptors (Lipinski definition) is 2. The zero-order chi connectivity index (χ0) is 18.1. The second-order valence-electron chi connectivity index (χ2n) is 6.63. The SMILES string of the molecule is Cc1c(CNC2CCC(F)CC2)nn(C)c1-c1cc(F)c(F)c(F)c1. The minimum Gasteiger partial charge on any atom is -0.308 e. The molecule has 2 aromatic rings. The van der Waals surface area contributed by atoms with Crippen molar-refractivity contribution in [3.8, 4) is 11.3 Å². The van der Waals surface area contributed by atoms with Gasteiger partial charge in [0.05, 0.1) is 11.4 Å². The molecular formula is C18H21F4N3. The van der Waals surface area contributed by atoms with Gasteiger partial charge >= 0.3 is 0 Å². The van der Waals surface area contributed by atoms with Crippen molar-refractivity contribution in [2.75, 3.05) is 0 Å². The highest BCUT2D eigenvalue weighted by atomic mass is 19.2. The number of nitrogens with zero attached hydrogens (tertiary/aromatic N) is 2. The summed E-state index contributed by atoms with van der Waals surface area (Å²) in [7, 11) is 1.68. The van der Waals surface area contributed by atoms with Gasteiger partial charge in [0.15, 0.2) is 17.5 Å². The first-order valence-electron chi connectivity index (χ1n) is 8.41. The van der Waals surface area contributed by atoms with E-state index in [1.54, 1.807) is 7.05 Å². The van der Waals surface area contributed by atoms with Crippen LogP contribution in [0.4, 0.5) is 17.6 Å². The largest absolute Gasteiger partial charge is 0.308 e. The molecule has 0 bridgehead atoms. The first kappa shape index (κ1) is 17.9. The zero-order valence-corrected chi connectivity index (χ0v) is 14.3. The van der Waals surface area contributed by atoms with E-state index in [0.717, 1.165) is 36.2 Å². The molecule has 1 fully saturated rings. The van der Waals surface area contributed by atoms with E-state index in [1.165, 1.54) is 4.68 Å². The standard InChI is InChI=1S/C18H21F4N3/c1-10-16(9-23-13-5-3-12(19)4-6-13)24-25(2)18(10)11-7-14(20)17(22)15(21)8-11/h7-8,12-13,23H,3-6,9H2,1-2H3. The van der Waals surface area contributed by atoms with Gasteiger partial charge in [-0.1, -0.05) is 0 Å². The van der Waals surface area contributed by atoms with E-state index in [-0.39, 0.29) is 11.6 Å². The number of aryl methyl sites for hydroxylation is 1. The molecule has 1 N–H and O–H groups in total. The number of rotatable bonds is 4. The normalized spacial score (nSPS) is 20.9. The number of benzene rings is 1. The predicted molar refractivity (Wildman–Crippen MR) is 87.2 cm³/mol. The van der Waals surface area contributed by atoms with Crippen LogP contribution >= 0.6 is 0 Å². The molecule has 25 heavy (non-hydrogen) atoms. The van der Waals surface area contributed by atoms with Crippen molar-refractivity contribution in [3.05, 3.63) is 40.8 Å². The van der Waals surface area contributed by atoms with E-state index >= 15 is 0 Å². The Hall–Kier alpha value is -1.89. The Balaban J connectivity index is 1.79. The predicted octanol–water partition coefficient (Wildman–Crippen LogP) is 4.18. The average Bonchev–Trinajstić information content (AvgIpc) is 2.85. The fourth-order valence-corrected chi connectivity index (χ4v) is 3.45. The second kappa shape index (κ2) is 7.15. The number of halogens is 4. The van der Waals surface area contributed by atoms with Crippen LogP contribution in [0, 0.1) is 24.4 Å². The van der Waals surface area contributed by atoms with Gasteiger partial charge in [-0.2, -0.15) is 5.10 Å². The van der Waals surface area contributed by atoms with Crippen LogP contribution in [0.5, 0.6) is 0 Å². The third kappa shape index (κ3) is 3.71. The van der Waals surface area contributed by atoms with Crippen molar-refractivity contribution in [2.24, 2.45) is 7.05 Å². The van der Waals surface area contributed by atoms with Crippen molar-refractivity contribution in [2.45, 2.75) is 51.4 Å². The van der Waals surface area contributed by atoms with Crippen molar-refractivity contribution < 1.29 is 17.6 Å². The van der Waals surface area contributed by atoms with Crippen LogP contribution in [0.3, 0.4) is 0 Å². The molecule has 136 valence electrons. The van der Waals surface area contributed by atoms with Crippen LogP contribution in [0.25, 0.3) is 11.3 Å². The molecule has 0 amide bonds. The third-order valence-corrected chi connectivity index (χ3v) is 4.85. The first-order valence-corrected chi connectivity index (χ1v) is 8.41. The highest BCUT2D eigenvalue weighted by Gasteiger charge is 2.22.